The Kier molecular flexibility index (Phi) is 6.46. The van der Waals surface area contributed by atoms with Crippen molar-refractivity contribution in [3.63, 3.8) is 0 Å². The van der Waals surface area contributed by atoms with Crippen LogP contribution in [0.3, 0.4) is 0 Å². The minimum Gasteiger partial charge on any atom is -0.484 e. The molecule has 0 N–H and O–H groups in total. The van der Waals surface area contributed by atoms with E-state index in [9.17, 15) is 0 Å². The van der Waals surface area contributed by atoms with E-state index in [1.54, 1.807) is 18.2 Å². The van der Waals surface area contributed by atoms with Crippen LogP contribution in [-0.2, 0) is 0 Å². The van der Waals surface area contributed by atoms with Crippen molar-refractivity contribution >= 4 is 45.8 Å². The van der Waals surface area contributed by atoms with Crippen LogP contribution in [-0.4, -0.2) is 4.43 Å². The lowest BCUT2D eigenvalue weighted by atomic mass is 10.1. The predicted molar refractivity (Wildman–Crippen MR) is 94.4 cm³/mol. The molecule has 0 fully saturated rings. The first-order valence-electron chi connectivity index (χ1n) is 6.43. The molecule has 2 aromatic rings. The van der Waals surface area contributed by atoms with Gasteiger partial charge in [0.25, 0.3) is 0 Å². The highest BCUT2D eigenvalue weighted by atomic mass is 127. The topological polar surface area (TPSA) is 9.23 Å². The third-order valence-electron chi connectivity index (χ3n) is 2.93. The van der Waals surface area contributed by atoms with Gasteiger partial charge in [-0.15, -0.1) is 0 Å². The summed E-state index contributed by atoms with van der Waals surface area (Å²) in [5.41, 5.74) is 1.16. The molecular formula is C16H15Cl2IO. The molecule has 20 heavy (non-hydrogen) atoms. The van der Waals surface area contributed by atoms with Crippen LogP contribution in [0, 0.1) is 0 Å². The Morgan fingerprint density at radius 1 is 1.05 bits per heavy atom. The highest BCUT2D eigenvalue weighted by Gasteiger charge is 2.14. The van der Waals surface area contributed by atoms with Crippen molar-refractivity contribution < 1.29 is 4.74 Å². The molecule has 0 saturated heterocycles. The molecule has 0 saturated carbocycles. The van der Waals surface area contributed by atoms with E-state index in [0.717, 1.165) is 22.8 Å². The summed E-state index contributed by atoms with van der Waals surface area (Å²) in [5, 5.41) is 1.22. The fraction of sp³-hybridized carbons (Fsp3) is 0.250. The molecule has 2 rings (SSSR count). The first-order chi connectivity index (χ1) is 9.70. The lowest BCUT2D eigenvalue weighted by molar-refractivity contribution is 0.194. The number of benzene rings is 2. The van der Waals surface area contributed by atoms with Crippen LogP contribution < -0.4 is 4.74 Å². The van der Waals surface area contributed by atoms with Gasteiger partial charge in [-0.05, 0) is 35.0 Å². The number of hydrogen-bond donors (Lipinski definition) is 0. The average molecular weight is 421 g/mol. The third kappa shape index (κ3) is 4.54. The second-order valence-electron chi connectivity index (χ2n) is 4.42. The fourth-order valence-corrected chi connectivity index (χ4v) is 2.71. The molecule has 1 atom stereocenters. The lowest BCUT2D eigenvalue weighted by Gasteiger charge is -2.20. The molecule has 0 bridgehead atoms. The van der Waals surface area contributed by atoms with E-state index in [0.29, 0.717) is 15.8 Å². The Labute approximate surface area is 143 Å². The first kappa shape index (κ1) is 15.9. The molecule has 0 aliphatic heterocycles. The molecule has 2 aromatic carbocycles. The summed E-state index contributed by atoms with van der Waals surface area (Å²) in [6, 6.07) is 15.5. The Bertz CT molecular complexity index is 545. The van der Waals surface area contributed by atoms with Crippen molar-refractivity contribution in [2.45, 2.75) is 18.9 Å². The molecule has 0 spiro atoms. The summed E-state index contributed by atoms with van der Waals surface area (Å²) < 4.78 is 7.20. The fourth-order valence-electron chi connectivity index (χ4n) is 1.94. The van der Waals surface area contributed by atoms with Gasteiger partial charge in [-0.2, -0.15) is 0 Å². The molecule has 0 radical (unpaired) electrons. The summed E-state index contributed by atoms with van der Waals surface area (Å²) in [5.74, 6) is 0.640. The van der Waals surface area contributed by atoms with Gasteiger partial charge in [0.1, 0.15) is 11.9 Å². The summed E-state index contributed by atoms with van der Waals surface area (Å²) in [4.78, 5) is 0. The monoisotopic (exact) mass is 420 g/mol. The Hall–Kier alpha value is -0.450. The van der Waals surface area contributed by atoms with E-state index in [4.69, 9.17) is 27.9 Å². The van der Waals surface area contributed by atoms with Gasteiger partial charge >= 0.3 is 0 Å². The highest BCUT2D eigenvalue weighted by Crippen LogP contribution is 2.33. The normalized spacial score (nSPS) is 12.2. The number of alkyl halides is 1. The molecule has 0 heterocycles. The van der Waals surface area contributed by atoms with E-state index < -0.39 is 0 Å². The Morgan fingerprint density at radius 2 is 1.80 bits per heavy atom. The van der Waals surface area contributed by atoms with Gasteiger partial charge in [0.05, 0.1) is 5.02 Å². The smallest absolute Gasteiger partial charge is 0.140 e. The maximum absolute atomic E-state index is 6.18. The van der Waals surface area contributed by atoms with E-state index in [1.807, 2.05) is 18.2 Å². The van der Waals surface area contributed by atoms with Crippen LogP contribution >= 0.6 is 45.8 Å². The van der Waals surface area contributed by atoms with Gasteiger partial charge in [0, 0.05) is 11.1 Å². The zero-order chi connectivity index (χ0) is 14.4. The van der Waals surface area contributed by atoms with Crippen molar-refractivity contribution in [2.75, 3.05) is 4.43 Å². The minimum atomic E-state index is 0.00179. The van der Waals surface area contributed by atoms with Gasteiger partial charge < -0.3 is 4.74 Å². The number of halogens is 3. The van der Waals surface area contributed by atoms with E-state index >= 15 is 0 Å². The van der Waals surface area contributed by atoms with Crippen molar-refractivity contribution in [3.8, 4) is 5.75 Å². The highest BCUT2D eigenvalue weighted by molar-refractivity contribution is 14.1. The van der Waals surface area contributed by atoms with Crippen molar-refractivity contribution in [1.29, 1.82) is 0 Å². The largest absolute Gasteiger partial charge is 0.484 e. The molecule has 0 aliphatic carbocycles. The average Bonchev–Trinajstić information content (AvgIpc) is 2.48. The summed E-state index contributed by atoms with van der Waals surface area (Å²) >= 11 is 14.6. The Morgan fingerprint density at radius 3 is 2.50 bits per heavy atom. The maximum atomic E-state index is 6.18. The first-order valence-corrected chi connectivity index (χ1v) is 8.71. The van der Waals surface area contributed by atoms with Crippen LogP contribution in [0.25, 0.3) is 0 Å². The van der Waals surface area contributed by atoms with Gasteiger partial charge in [0.15, 0.2) is 0 Å². The maximum Gasteiger partial charge on any atom is 0.140 e. The Balaban J connectivity index is 2.21. The van der Waals surface area contributed by atoms with E-state index in [1.165, 1.54) is 0 Å². The van der Waals surface area contributed by atoms with Crippen molar-refractivity contribution in [2.24, 2.45) is 0 Å². The predicted octanol–water partition coefficient (Wildman–Crippen LogP) is 6.33. The molecule has 106 valence electrons. The van der Waals surface area contributed by atoms with Crippen molar-refractivity contribution in [3.05, 3.63) is 64.1 Å². The molecule has 1 nitrogen and oxygen atoms in total. The number of hydrogen-bond acceptors (Lipinski definition) is 1. The lowest BCUT2D eigenvalue weighted by Crippen LogP contribution is -2.08. The quantitative estimate of drug-likeness (QED) is 0.392. The van der Waals surface area contributed by atoms with E-state index in [2.05, 4.69) is 34.7 Å². The van der Waals surface area contributed by atoms with Crippen LogP contribution in [0.4, 0.5) is 0 Å². The molecule has 0 unspecified atom stereocenters. The van der Waals surface area contributed by atoms with Gasteiger partial charge in [-0.3, -0.25) is 0 Å². The third-order valence-corrected chi connectivity index (χ3v) is 4.24. The zero-order valence-electron chi connectivity index (χ0n) is 10.9. The SMILES string of the molecule is Clc1ccc(Cl)c(O[C@H](CCCI)c2ccccc2)c1. The molecule has 0 amide bonds. The van der Waals surface area contributed by atoms with Crippen LogP contribution in [0.2, 0.25) is 10.0 Å². The summed E-state index contributed by atoms with van der Waals surface area (Å²) in [7, 11) is 0. The standard InChI is InChI=1S/C16H15Cl2IO/c17-13-8-9-14(18)16(11-13)20-15(7-4-10-19)12-5-2-1-3-6-12/h1-3,5-6,8-9,11,15H,4,7,10H2/t15-/m1/s1. The van der Waals surface area contributed by atoms with Gasteiger partial charge in [-0.25, -0.2) is 0 Å². The van der Waals surface area contributed by atoms with Gasteiger partial charge in [0.2, 0.25) is 0 Å². The zero-order valence-corrected chi connectivity index (χ0v) is 14.5. The van der Waals surface area contributed by atoms with E-state index in [-0.39, 0.29) is 6.10 Å². The number of ether oxygens (including phenoxy) is 1. The second kappa shape index (κ2) is 8.11. The molecule has 0 aromatic heterocycles. The molecule has 0 aliphatic rings. The minimum absolute atomic E-state index is 0.00179. The summed E-state index contributed by atoms with van der Waals surface area (Å²) in [6.45, 7) is 0. The van der Waals surface area contributed by atoms with Crippen molar-refractivity contribution in [1.82, 2.24) is 0 Å². The van der Waals surface area contributed by atoms with Crippen LogP contribution in [0.1, 0.15) is 24.5 Å². The summed E-state index contributed by atoms with van der Waals surface area (Å²) in [6.07, 6.45) is 2.05. The molecular weight excluding hydrogens is 406 g/mol. The van der Waals surface area contributed by atoms with Crippen LogP contribution in [0.15, 0.2) is 48.5 Å². The second-order valence-corrected chi connectivity index (χ2v) is 6.35. The van der Waals surface area contributed by atoms with Gasteiger partial charge in [-0.1, -0.05) is 76.1 Å². The number of rotatable bonds is 6. The van der Waals surface area contributed by atoms with Crippen LogP contribution in [0.5, 0.6) is 5.75 Å². The molecule has 4 heteroatoms.